The van der Waals surface area contributed by atoms with Gasteiger partial charge in [0.15, 0.2) is 5.82 Å². The molecule has 4 N–H and O–H groups in total. The summed E-state index contributed by atoms with van der Waals surface area (Å²) >= 11 is 0. The quantitative estimate of drug-likeness (QED) is 0.368. The number of nitrogens with zero attached hydrogens (tertiary/aromatic N) is 2. The summed E-state index contributed by atoms with van der Waals surface area (Å²) in [6.45, 7) is -0.00569. The summed E-state index contributed by atoms with van der Waals surface area (Å²) in [4.78, 5) is 23.5. The number of benzene rings is 3. The van der Waals surface area contributed by atoms with Crippen molar-refractivity contribution in [3.8, 4) is 0 Å². The van der Waals surface area contributed by atoms with E-state index in [-0.39, 0.29) is 29.7 Å². The van der Waals surface area contributed by atoms with Crippen LogP contribution in [0, 0.1) is 0 Å². The van der Waals surface area contributed by atoms with E-state index in [2.05, 4.69) is 15.1 Å². The molecule has 0 unspecified atom stereocenters. The van der Waals surface area contributed by atoms with Crippen molar-refractivity contribution in [3.63, 3.8) is 0 Å². The van der Waals surface area contributed by atoms with Crippen LogP contribution in [0.15, 0.2) is 83.9 Å². The minimum atomic E-state index is -3.70. The van der Waals surface area contributed by atoms with E-state index in [1.54, 1.807) is 48.5 Å². The summed E-state index contributed by atoms with van der Waals surface area (Å²) in [6, 6.07) is 20.6. The van der Waals surface area contributed by atoms with E-state index in [9.17, 15) is 18.0 Å². The molecular formula is C23H21N5O4S. The van der Waals surface area contributed by atoms with Gasteiger partial charge in [-0.2, -0.15) is 5.10 Å². The Morgan fingerprint density at radius 3 is 2.39 bits per heavy atom. The van der Waals surface area contributed by atoms with E-state index in [4.69, 9.17) is 5.73 Å². The van der Waals surface area contributed by atoms with Crippen molar-refractivity contribution < 1.29 is 18.0 Å². The topological polar surface area (TPSA) is 136 Å². The molecule has 1 heterocycles. The van der Waals surface area contributed by atoms with Crippen LogP contribution in [0.1, 0.15) is 15.9 Å². The van der Waals surface area contributed by atoms with Gasteiger partial charge in [0.05, 0.1) is 4.90 Å². The van der Waals surface area contributed by atoms with E-state index < -0.39 is 15.9 Å². The molecule has 0 bridgehead atoms. The molecule has 0 fully saturated rings. The van der Waals surface area contributed by atoms with Crippen LogP contribution in [-0.4, -0.2) is 30.0 Å². The molecule has 4 rings (SSSR count). The number of anilines is 1. The van der Waals surface area contributed by atoms with E-state index in [0.29, 0.717) is 11.1 Å². The second kappa shape index (κ2) is 9.23. The van der Waals surface area contributed by atoms with E-state index in [1.807, 2.05) is 24.3 Å². The summed E-state index contributed by atoms with van der Waals surface area (Å²) in [6.07, 6.45) is 1.53. The zero-order valence-electron chi connectivity index (χ0n) is 17.4. The minimum Gasteiger partial charge on any atom is -0.368 e. The van der Waals surface area contributed by atoms with Gasteiger partial charge in [-0.15, -0.1) is 0 Å². The first kappa shape index (κ1) is 22.2. The van der Waals surface area contributed by atoms with E-state index in [0.717, 1.165) is 10.8 Å². The SMILES string of the molecule is NC(=O)Cn1ccc(NC(=O)c2ccc(CNS(=O)(=O)c3ccc4ccccc4c3)cc2)n1. The van der Waals surface area contributed by atoms with Crippen LogP contribution in [-0.2, 0) is 27.9 Å². The molecule has 0 saturated heterocycles. The van der Waals surface area contributed by atoms with Gasteiger partial charge in [-0.3, -0.25) is 14.3 Å². The number of nitrogens with two attached hydrogens (primary N) is 1. The number of aromatic nitrogens is 2. The second-order valence-corrected chi connectivity index (χ2v) is 9.12. The van der Waals surface area contributed by atoms with Crippen LogP contribution >= 0.6 is 0 Å². The Hall–Kier alpha value is -4.02. The summed E-state index contributed by atoms with van der Waals surface area (Å²) in [5, 5.41) is 8.48. The highest BCUT2D eigenvalue weighted by Gasteiger charge is 2.15. The number of hydrogen-bond acceptors (Lipinski definition) is 5. The zero-order chi connectivity index (χ0) is 23.4. The van der Waals surface area contributed by atoms with Crippen LogP contribution in [0.3, 0.4) is 0 Å². The van der Waals surface area contributed by atoms with Gasteiger partial charge in [0.25, 0.3) is 5.91 Å². The molecule has 0 aliphatic heterocycles. The smallest absolute Gasteiger partial charge is 0.256 e. The first-order valence-electron chi connectivity index (χ1n) is 10.0. The number of amides is 2. The predicted octanol–water partition coefficient (Wildman–Crippen LogP) is 2.25. The number of carbonyl (C=O) groups excluding carboxylic acids is 2. The highest BCUT2D eigenvalue weighted by molar-refractivity contribution is 7.89. The Morgan fingerprint density at radius 1 is 0.939 bits per heavy atom. The van der Waals surface area contributed by atoms with Gasteiger partial charge in [0.2, 0.25) is 15.9 Å². The van der Waals surface area contributed by atoms with Gasteiger partial charge in [0, 0.05) is 24.4 Å². The molecule has 0 saturated carbocycles. The molecule has 2 amide bonds. The number of hydrogen-bond donors (Lipinski definition) is 3. The van der Waals surface area contributed by atoms with Crippen molar-refractivity contribution in [3.05, 3.63) is 90.1 Å². The number of rotatable bonds is 8. The number of primary amides is 1. The monoisotopic (exact) mass is 463 g/mol. The lowest BCUT2D eigenvalue weighted by molar-refractivity contribution is -0.118. The molecule has 10 heteroatoms. The molecule has 1 aromatic heterocycles. The molecule has 0 spiro atoms. The van der Waals surface area contributed by atoms with Crippen molar-refractivity contribution in [2.45, 2.75) is 18.0 Å². The molecule has 3 aromatic carbocycles. The van der Waals surface area contributed by atoms with E-state index in [1.165, 1.54) is 10.9 Å². The Bertz CT molecular complexity index is 1430. The molecule has 4 aromatic rings. The van der Waals surface area contributed by atoms with Gasteiger partial charge >= 0.3 is 0 Å². The largest absolute Gasteiger partial charge is 0.368 e. The van der Waals surface area contributed by atoms with Gasteiger partial charge < -0.3 is 11.1 Å². The highest BCUT2D eigenvalue weighted by atomic mass is 32.2. The Kier molecular flexibility index (Phi) is 6.20. The third kappa shape index (κ3) is 5.43. The van der Waals surface area contributed by atoms with Crippen molar-refractivity contribution in [1.82, 2.24) is 14.5 Å². The van der Waals surface area contributed by atoms with Crippen LogP contribution < -0.4 is 15.8 Å². The number of sulfonamides is 1. The van der Waals surface area contributed by atoms with Gasteiger partial charge in [-0.05, 0) is 40.6 Å². The first-order chi connectivity index (χ1) is 15.8. The molecule has 9 nitrogen and oxygen atoms in total. The lowest BCUT2D eigenvalue weighted by Gasteiger charge is -2.09. The predicted molar refractivity (Wildman–Crippen MR) is 124 cm³/mol. The molecule has 0 aliphatic rings. The molecule has 168 valence electrons. The lowest BCUT2D eigenvalue weighted by Crippen LogP contribution is -2.23. The van der Waals surface area contributed by atoms with Crippen molar-refractivity contribution in [2.24, 2.45) is 5.73 Å². The maximum absolute atomic E-state index is 12.7. The molecule has 0 atom stereocenters. The fourth-order valence-corrected chi connectivity index (χ4v) is 4.29. The normalized spacial score (nSPS) is 11.4. The average molecular weight is 464 g/mol. The van der Waals surface area contributed by atoms with Crippen molar-refractivity contribution in [2.75, 3.05) is 5.32 Å². The number of nitrogens with one attached hydrogen (secondary N) is 2. The lowest BCUT2D eigenvalue weighted by atomic mass is 10.1. The molecular weight excluding hydrogens is 442 g/mol. The number of fused-ring (bicyclic) bond motifs is 1. The maximum atomic E-state index is 12.7. The van der Waals surface area contributed by atoms with E-state index >= 15 is 0 Å². The average Bonchev–Trinajstić information content (AvgIpc) is 3.23. The summed E-state index contributed by atoms with van der Waals surface area (Å²) in [5.41, 5.74) is 6.19. The Labute approximate surface area is 190 Å². The number of carbonyl (C=O) groups is 2. The fourth-order valence-electron chi connectivity index (χ4n) is 3.23. The summed E-state index contributed by atoms with van der Waals surface area (Å²) < 4.78 is 29.3. The molecule has 0 radical (unpaired) electrons. The van der Waals surface area contributed by atoms with Crippen molar-refractivity contribution in [1.29, 1.82) is 0 Å². The second-order valence-electron chi connectivity index (χ2n) is 7.35. The summed E-state index contributed by atoms with van der Waals surface area (Å²) in [7, 11) is -3.70. The fraction of sp³-hybridized carbons (Fsp3) is 0.0870. The standard InChI is InChI=1S/C23H21N5O4S/c24-21(29)15-28-12-11-22(27-28)26-23(30)18-7-5-16(6-8-18)14-25-33(31,32)20-10-9-17-3-1-2-4-19(17)13-20/h1-13,25H,14-15H2,(H2,24,29)(H,26,27,30). The molecule has 0 aliphatic carbocycles. The van der Waals surface area contributed by atoms with Crippen LogP contribution in [0.25, 0.3) is 10.8 Å². The van der Waals surface area contributed by atoms with Crippen LogP contribution in [0.5, 0.6) is 0 Å². The zero-order valence-corrected chi connectivity index (χ0v) is 18.2. The summed E-state index contributed by atoms with van der Waals surface area (Å²) in [5.74, 6) is -0.640. The van der Waals surface area contributed by atoms with Gasteiger partial charge in [-0.25, -0.2) is 13.1 Å². The van der Waals surface area contributed by atoms with Crippen LogP contribution in [0.2, 0.25) is 0 Å². The van der Waals surface area contributed by atoms with Gasteiger partial charge in [0.1, 0.15) is 6.54 Å². The Balaban J connectivity index is 1.38. The van der Waals surface area contributed by atoms with Crippen LogP contribution in [0.4, 0.5) is 5.82 Å². The third-order valence-electron chi connectivity index (χ3n) is 4.91. The Morgan fingerprint density at radius 2 is 1.67 bits per heavy atom. The maximum Gasteiger partial charge on any atom is 0.256 e. The third-order valence-corrected chi connectivity index (χ3v) is 6.31. The first-order valence-corrected chi connectivity index (χ1v) is 11.5. The molecule has 33 heavy (non-hydrogen) atoms. The minimum absolute atomic E-state index is 0.0780. The highest BCUT2D eigenvalue weighted by Crippen LogP contribution is 2.19. The van der Waals surface area contributed by atoms with Crippen molar-refractivity contribution >= 4 is 38.4 Å². The van der Waals surface area contributed by atoms with Gasteiger partial charge in [-0.1, -0.05) is 42.5 Å².